The lowest BCUT2D eigenvalue weighted by molar-refractivity contribution is 0.580. The molecule has 0 heterocycles. The second kappa shape index (κ2) is 6.30. The second-order valence-corrected chi connectivity index (χ2v) is 7.45. The van der Waals surface area contributed by atoms with Gasteiger partial charge in [0.15, 0.2) is 0 Å². The molecule has 3 rings (SSSR count). The minimum Gasteiger partial charge on any atom is -0.312 e. The third-order valence-corrected chi connectivity index (χ3v) is 6.04. The van der Waals surface area contributed by atoms with Crippen LogP contribution in [0, 0.1) is 0 Å². The Bertz CT molecular complexity index is 656. The zero-order valence-corrected chi connectivity index (χ0v) is 13.5. The molecule has 1 aliphatic rings. The van der Waals surface area contributed by atoms with Gasteiger partial charge in [-0.1, -0.05) is 48.0 Å². The normalized spacial score (nSPS) is 22.0. The molecular weight excluding hydrogens is 302 g/mol. The largest absolute Gasteiger partial charge is 0.312 e. The zero-order valence-electron chi connectivity index (χ0n) is 11.9. The molecule has 4 heteroatoms. The summed E-state index contributed by atoms with van der Waals surface area (Å²) in [5.74, 6) is 0.577. The van der Waals surface area contributed by atoms with Gasteiger partial charge < -0.3 is 5.32 Å². The molecule has 0 radical (unpaired) electrons. The monoisotopic (exact) mass is 319 g/mol. The highest BCUT2D eigenvalue weighted by molar-refractivity contribution is 7.84. The summed E-state index contributed by atoms with van der Waals surface area (Å²) in [4.78, 5) is 0. The van der Waals surface area contributed by atoms with Crippen molar-refractivity contribution in [3.63, 3.8) is 0 Å². The van der Waals surface area contributed by atoms with Gasteiger partial charge >= 0.3 is 0 Å². The van der Waals surface area contributed by atoms with Crippen LogP contribution in [-0.2, 0) is 23.0 Å². The van der Waals surface area contributed by atoms with Gasteiger partial charge in [0.2, 0.25) is 0 Å². The van der Waals surface area contributed by atoms with Gasteiger partial charge in [-0.3, -0.25) is 4.21 Å². The van der Waals surface area contributed by atoms with E-state index in [0.29, 0.717) is 10.8 Å². The third kappa shape index (κ3) is 3.05. The summed E-state index contributed by atoms with van der Waals surface area (Å²) in [6.45, 7) is 0. The van der Waals surface area contributed by atoms with Crippen LogP contribution in [0.15, 0.2) is 48.5 Å². The number of nitrogens with one attached hydrogen (secondary N) is 1. The van der Waals surface area contributed by atoms with Crippen LogP contribution < -0.4 is 5.32 Å². The van der Waals surface area contributed by atoms with Crippen LogP contribution >= 0.6 is 11.6 Å². The lowest BCUT2D eigenvalue weighted by Gasteiger charge is -2.19. The number of fused-ring (bicyclic) bond motifs is 1. The Kier molecular flexibility index (Phi) is 4.43. The molecule has 0 amide bonds. The maximum atomic E-state index is 12.8. The van der Waals surface area contributed by atoms with Crippen LogP contribution in [0.4, 0.5) is 0 Å². The zero-order chi connectivity index (χ0) is 14.8. The van der Waals surface area contributed by atoms with Crippen LogP contribution in [-0.4, -0.2) is 16.5 Å². The van der Waals surface area contributed by atoms with Gasteiger partial charge in [0.05, 0.1) is 5.25 Å². The summed E-state index contributed by atoms with van der Waals surface area (Å²) in [6, 6.07) is 16.2. The Hall–Kier alpha value is -1.16. The van der Waals surface area contributed by atoms with Gasteiger partial charge in [-0.2, -0.15) is 0 Å². The van der Waals surface area contributed by atoms with Crippen LogP contribution in [0.1, 0.15) is 22.7 Å². The molecule has 2 aromatic carbocycles. The summed E-state index contributed by atoms with van der Waals surface area (Å²) in [6.07, 6.45) is 0.877. The van der Waals surface area contributed by atoms with Crippen molar-refractivity contribution in [2.75, 3.05) is 7.05 Å². The van der Waals surface area contributed by atoms with Gasteiger partial charge in [0, 0.05) is 27.6 Å². The number of hydrogen-bond donors (Lipinski definition) is 1. The first-order chi connectivity index (χ1) is 10.2. The van der Waals surface area contributed by atoms with Crippen molar-refractivity contribution in [1.82, 2.24) is 5.32 Å². The lowest BCUT2D eigenvalue weighted by atomic mass is 10.1. The molecule has 0 bridgehead atoms. The van der Waals surface area contributed by atoms with E-state index < -0.39 is 10.8 Å². The minimum absolute atomic E-state index is 0.128. The van der Waals surface area contributed by atoms with E-state index in [0.717, 1.165) is 12.0 Å². The fourth-order valence-corrected chi connectivity index (χ4v) is 4.81. The molecule has 3 atom stereocenters. The van der Waals surface area contributed by atoms with Crippen LogP contribution in [0.3, 0.4) is 0 Å². The van der Waals surface area contributed by atoms with E-state index in [1.807, 2.05) is 37.4 Å². The molecule has 1 aliphatic carbocycles. The highest BCUT2D eigenvalue weighted by atomic mass is 35.5. The Morgan fingerprint density at radius 2 is 1.90 bits per heavy atom. The van der Waals surface area contributed by atoms with Crippen molar-refractivity contribution in [2.45, 2.75) is 23.5 Å². The summed E-state index contributed by atoms with van der Waals surface area (Å²) in [5.41, 5.74) is 3.67. The summed E-state index contributed by atoms with van der Waals surface area (Å²) >= 11 is 5.90. The summed E-state index contributed by atoms with van der Waals surface area (Å²) in [7, 11) is 1.03. The molecule has 110 valence electrons. The van der Waals surface area contributed by atoms with Gasteiger partial charge in [-0.05, 0) is 42.3 Å². The average Bonchev–Trinajstić information content (AvgIpc) is 2.88. The highest BCUT2D eigenvalue weighted by Crippen LogP contribution is 2.34. The molecule has 3 unspecified atom stereocenters. The molecule has 0 fully saturated rings. The molecule has 2 aromatic rings. The molecule has 0 aliphatic heterocycles. The Labute approximate surface area is 133 Å². The minimum atomic E-state index is -0.915. The van der Waals surface area contributed by atoms with Crippen molar-refractivity contribution < 1.29 is 4.21 Å². The van der Waals surface area contributed by atoms with E-state index in [9.17, 15) is 4.21 Å². The van der Waals surface area contributed by atoms with Crippen LogP contribution in [0.2, 0.25) is 5.02 Å². The molecule has 21 heavy (non-hydrogen) atoms. The number of halogens is 1. The van der Waals surface area contributed by atoms with Gasteiger partial charge in [0.1, 0.15) is 0 Å². The van der Waals surface area contributed by atoms with E-state index in [-0.39, 0.29) is 11.3 Å². The molecule has 0 saturated heterocycles. The van der Waals surface area contributed by atoms with E-state index in [4.69, 9.17) is 11.6 Å². The number of benzene rings is 2. The summed E-state index contributed by atoms with van der Waals surface area (Å²) < 4.78 is 12.8. The summed E-state index contributed by atoms with van der Waals surface area (Å²) in [5, 5.41) is 4.17. The first-order valence-corrected chi connectivity index (χ1v) is 8.81. The number of hydrogen-bond acceptors (Lipinski definition) is 2. The lowest BCUT2D eigenvalue weighted by Crippen LogP contribution is -2.30. The molecule has 0 saturated carbocycles. The van der Waals surface area contributed by atoms with Crippen LogP contribution in [0.25, 0.3) is 0 Å². The Balaban J connectivity index is 1.78. The quantitative estimate of drug-likeness (QED) is 0.935. The van der Waals surface area contributed by atoms with Crippen molar-refractivity contribution in [3.8, 4) is 0 Å². The molecule has 1 N–H and O–H groups in total. The fourth-order valence-electron chi connectivity index (χ4n) is 3.00. The molecular formula is C17H18ClNOS. The third-order valence-electron chi connectivity index (χ3n) is 4.05. The topological polar surface area (TPSA) is 29.1 Å². The van der Waals surface area contributed by atoms with Gasteiger partial charge in [-0.15, -0.1) is 0 Å². The van der Waals surface area contributed by atoms with Gasteiger partial charge in [-0.25, -0.2) is 0 Å². The standard InChI is InChI=1S/C17H18ClNOS/c1-19-17-15-5-3-2-4-13(15)10-16(17)21(20)11-12-6-8-14(18)9-7-12/h2-9,16-17,19H,10-11H2,1H3. The van der Waals surface area contributed by atoms with E-state index >= 15 is 0 Å². The molecule has 0 aromatic heterocycles. The smallest absolute Gasteiger partial charge is 0.0586 e. The van der Waals surface area contributed by atoms with Crippen molar-refractivity contribution >= 4 is 22.4 Å². The highest BCUT2D eigenvalue weighted by Gasteiger charge is 2.34. The van der Waals surface area contributed by atoms with E-state index in [1.54, 1.807) is 0 Å². The van der Waals surface area contributed by atoms with Crippen molar-refractivity contribution in [1.29, 1.82) is 0 Å². The van der Waals surface area contributed by atoms with Crippen LogP contribution in [0.5, 0.6) is 0 Å². The van der Waals surface area contributed by atoms with Crippen molar-refractivity contribution in [3.05, 3.63) is 70.2 Å². The molecule has 2 nitrogen and oxygen atoms in total. The first kappa shape index (κ1) is 14.8. The van der Waals surface area contributed by atoms with Crippen molar-refractivity contribution in [2.24, 2.45) is 0 Å². The predicted octanol–water partition coefficient (Wildman–Crippen LogP) is 3.47. The van der Waals surface area contributed by atoms with E-state index in [1.165, 1.54) is 11.1 Å². The fraction of sp³-hybridized carbons (Fsp3) is 0.294. The predicted molar refractivity (Wildman–Crippen MR) is 89.0 cm³/mol. The molecule has 0 spiro atoms. The first-order valence-electron chi connectivity index (χ1n) is 7.05. The average molecular weight is 320 g/mol. The Morgan fingerprint density at radius 3 is 2.62 bits per heavy atom. The SMILES string of the molecule is CNC1c2ccccc2CC1S(=O)Cc1ccc(Cl)cc1. The second-order valence-electron chi connectivity index (χ2n) is 5.36. The number of rotatable bonds is 4. The van der Waals surface area contributed by atoms with Gasteiger partial charge in [0.25, 0.3) is 0 Å². The maximum Gasteiger partial charge on any atom is 0.0586 e. The van der Waals surface area contributed by atoms with E-state index in [2.05, 4.69) is 23.5 Å². The Morgan fingerprint density at radius 1 is 1.19 bits per heavy atom. The maximum absolute atomic E-state index is 12.8.